The molecule has 0 radical (unpaired) electrons. The Hall–Kier alpha value is -2.65. The van der Waals surface area contributed by atoms with Crippen LogP contribution in [0, 0.1) is 0 Å². The van der Waals surface area contributed by atoms with Gasteiger partial charge in [-0.15, -0.1) is 0 Å². The molecule has 3 nitrogen and oxygen atoms in total. The van der Waals surface area contributed by atoms with Gasteiger partial charge in [0.05, 0.1) is 18.4 Å². The van der Waals surface area contributed by atoms with Crippen molar-refractivity contribution in [3.8, 4) is 5.75 Å². The number of aromatic nitrogens is 1. The molecule has 0 saturated carbocycles. The lowest BCUT2D eigenvalue weighted by Crippen LogP contribution is -2.11. The molecule has 0 bridgehead atoms. The molecule has 0 saturated heterocycles. The van der Waals surface area contributed by atoms with Crippen molar-refractivity contribution < 1.29 is 9.84 Å². The lowest BCUT2D eigenvalue weighted by Gasteiger charge is -2.16. The zero-order chi connectivity index (χ0) is 17.6. The maximum Gasteiger partial charge on any atom is 0.116 e. The monoisotopic (exact) mass is 333 g/mol. The first-order valence-electron chi connectivity index (χ1n) is 8.52. The number of hydrogen-bond donors (Lipinski definition) is 1. The van der Waals surface area contributed by atoms with E-state index in [9.17, 15) is 5.11 Å². The van der Waals surface area contributed by atoms with E-state index < -0.39 is 0 Å². The number of nitrogens with zero attached hydrogens (tertiary/aromatic N) is 1. The first kappa shape index (κ1) is 17.2. The van der Waals surface area contributed by atoms with E-state index in [1.165, 1.54) is 5.57 Å². The van der Waals surface area contributed by atoms with Gasteiger partial charge in [-0.3, -0.25) is 4.98 Å². The van der Waals surface area contributed by atoms with Gasteiger partial charge in [0.1, 0.15) is 5.75 Å². The quantitative estimate of drug-likeness (QED) is 0.808. The topological polar surface area (TPSA) is 42.4 Å². The first-order valence-corrected chi connectivity index (χ1v) is 8.52. The Morgan fingerprint density at radius 2 is 2.20 bits per heavy atom. The highest BCUT2D eigenvalue weighted by molar-refractivity contribution is 5.80. The van der Waals surface area contributed by atoms with Gasteiger partial charge in [-0.2, -0.15) is 0 Å². The second-order valence-electron chi connectivity index (χ2n) is 6.28. The van der Waals surface area contributed by atoms with Crippen LogP contribution in [0.1, 0.15) is 31.0 Å². The van der Waals surface area contributed by atoms with Crippen LogP contribution in [0.4, 0.5) is 0 Å². The van der Waals surface area contributed by atoms with Crippen molar-refractivity contribution in [2.75, 3.05) is 6.61 Å². The van der Waals surface area contributed by atoms with Crippen LogP contribution >= 0.6 is 0 Å². The number of allylic oxidation sites excluding steroid dienone is 1. The first-order chi connectivity index (χ1) is 12.1. The minimum atomic E-state index is 0.0915. The highest BCUT2D eigenvalue weighted by atomic mass is 16.5. The molecule has 2 aromatic rings. The van der Waals surface area contributed by atoms with Crippen molar-refractivity contribution in [2.24, 2.45) is 0 Å². The molecule has 1 unspecified atom stereocenters. The standard InChI is InChI=1S/C22H23NO2/c1-16(2)20-11-13-25-22(20)10-9-18(21-8-3-4-12-23-21)14-17-6-5-7-19(24)15-17/h3-8,11-12,14-15,22,24H,1,9-10,13H2,2H3/b18-14-. The smallest absolute Gasteiger partial charge is 0.116 e. The number of rotatable bonds is 6. The molecule has 0 amide bonds. The fourth-order valence-corrected chi connectivity index (χ4v) is 3.09. The van der Waals surface area contributed by atoms with Gasteiger partial charge in [-0.05, 0) is 66.8 Å². The lowest BCUT2D eigenvalue weighted by atomic mass is 9.95. The molecule has 0 spiro atoms. The van der Waals surface area contributed by atoms with E-state index in [-0.39, 0.29) is 11.9 Å². The summed E-state index contributed by atoms with van der Waals surface area (Å²) in [5, 5.41) is 9.71. The number of phenolic OH excluding ortho intramolecular Hbond substituents is 1. The third kappa shape index (κ3) is 4.46. The molecule has 2 heterocycles. The van der Waals surface area contributed by atoms with E-state index in [1.54, 1.807) is 18.3 Å². The second kappa shape index (κ2) is 7.95. The lowest BCUT2D eigenvalue weighted by molar-refractivity contribution is 0.117. The molecule has 1 aliphatic rings. The number of phenols is 1. The van der Waals surface area contributed by atoms with Crippen molar-refractivity contribution in [3.63, 3.8) is 0 Å². The fourth-order valence-electron chi connectivity index (χ4n) is 3.09. The zero-order valence-corrected chi connectivity index (χ0v) is 14.5. The van der Waals surface area contributed by atoms with Crippen molar-refractivity contribution >= 4 is 11.6 Å². The molecule has 1 aliphatic heterocycles. The van der Waals surface area contributed by atoms with Gasteiger partial charge in [0.25, 0.3) is 0 Å². The average molecular weight is 333 g/mol. The van der Waals surface area contributed by atoms with Crippen LogP contribution in [0.25, 0.3) is 11.6 Å². The fraction of sp³-hybridized carbons (Fsp3) is 0.227. The van der Waals surface area contributed by atoms with E-state index in [2.05, 4.69) is 23.7 Å². The van der Waals surface area contributed by atoms with Gasteiger partial charge in [0, 0.05) is 6.20 Å². The van der Waals surface area contributed by atoms with Gasteiger partial charge in [-0.25, -0.2) is 0 Å². The van der Waals surface area contributed by atoms with Gasteiger partial charge >= 0.3 is 0 Å². The Labute approximate surface area is 149 Å². The summed E-state index contributed by atoms with van der Waals surface area (Å²) in [6.45, 7) is 6.73. The highest BCUT2D eigenvalue weighted by Crippen LogP contribution is 2.29. The molecule has 25 heavy (non-hydrogen) atoms. The summed E-state index contributed by atoms with van der Waals surface area (Å²) in [6, 6.07) is 13.2. The minimum absolute atomic E-state index is 0.0915. The van der Waals surface area contributed by atoms with Crippen LogP contribution in [0.2, 0.25) is 0 Å². The Kier molecular flexibility index (Phi) is 5.46. The Balaban J connectivity index is 1.83. The van der Waals surface area contributed by atoms with E-state index in [4.69, 9.17) is 4.74 Å². The predicted octanol–water partition coefficient (Wildman–Crippen LogP) is 5.01. The Bertz CT molecular complexity index is 806. The Morgan fingerprint density at radius 1 is 1.32 bits per heavy atom. The number of hydrogen-bond acceptors (Lipinski definition) is 3. The van der Waals surface area contributed by atoms with Crippen molar-refractivity contribution in [1.29, 1.82) is 0 Å². The van der Waals surface area contributed by atoms with Crippen molar-refractivity contribution in [2.45, 2.75) is 25.9 Å². The van der Waals surface area contributed by atoms with Crippen molar-refractivity contribution in [3.05, 3.63) is 83.7 Å². The summed E-state index contributed by atoms with van der Waals surface area (Å²) in [5.41, 5.74) is 5.31. The molecule has 0 fully saturated rings. The second-order valence-corrected chi connectivity index (χ2v) is 6.28. The van der Waals surface area contributed by atoms with E-state index in [0.29, 0.717) is 6.61 Å². The summed E-state index contributed by atoms with van der Waals surface area (Å²) in [7, 11) is 0. The molecular weight excluding hydrogens is 310 g/mol. The number of aromatic hydroxyl groups is 1. The predicted molar refractivity (Wildman–Crippen MR) is 102 cm³/mol. The van der Waals surface area contributed by atoms with Crippen LogP contribution in [0.15, 0.2) is 72.5 Å². The molecule has 128 valence electrons. The molecular formula is C22H23NO2. The molecule has 0 aliphatic carbocycles. The largest absolute Gasteiger partial charge is 0.508 e. The summed E-state index contributed by atoms with van der Waals surface area (Å²) in [6.07, 6.45) is 7.81. The third-order valence-electron chi connectivity index (χ3n) is 4.32. The number of pyridine rings is 1. The van der Waals surface area contributed by atoms with Crippen molar-refractivity contribution in [1.82, 2.24) is 4.98 Å². The molecule has 1 aromatic carbocycles. The van der Waals surface area contributed by atoms with E-state index in [1.807, 2.05) is 37.3 Å². The molecule has 1 N–H and O–H groups in total. The third-order valence-corrected chi connectivity index (χ3v) is 4.32. The Morgan fingerprint density at radius 3 is 2.92 bits per heavy atom. The summed E-state index contributed by atoms with van der Waals surface area (Å²) in [5.74, 6) is 0.265. The summed E-state index contributed by atoms with van der Waals surface area (Å²) in [4.78, 5) is 4.49. The number of benzene rings is 1. The maximum atomic E-state index is 9.71. The van der Waals surface area contributed by atoms with Gasteiger partial charge in [-0.1, -0.05) is 36.4 Å². The SMILES string of the molecule is C=C(C)C1=CCOC1CC/C(=C/c1cccc(O)c1)c1ccccn1. The zero-order valence-electron chi connectivity index (χ0n) is 14.5. The molecule has 3 rings (SSSR count). The van der Waals surface area contributed by atoms with Gasteiger partial charge in [0.2, 0.25) is 0 Å². The van der Waals surface area contributed by atoms with Crippen LogP contribution < -0.4 is 0 Å². The molecule has 1 atom stereocenters. The molecule has 3 heteroatoms. The molecule has 1 aromatic heterocycles. The van der Waals surface area contributed by atoms with Gasteiger partial charge in [0.15, 0.2) is 0 Å². The van der Waals surface area contributed by atoms with E-state index in [0.717, 1.165) is 35.2 Å². The average Bonchev–Trinajstić information content (AvgIpc) is 3.08. The number of ether oxygens (including phenoxy) is 1. The van der Waals surface area contributed by atoms with Crippen LogP contribution in [0.3, 0.4) is 0 Å². The maximum absolute atomic E-state index is 9.71. The van der Waals surface area contributed by atoms with E-state index >= 15 is 0 Å². The van der Waals surface area contributed by atoms with Crippen LogP contribution in [0.5, 0.6) is 5.75 Å². The summed E-state index contributed by atoms with van der Waals surface area (Å²) >= 11 is 0. The van der Waals surface area contributed by atoms with Crippen LogP contribution in [-0.4, -0.2) is 22.8 Å². The minimum Gasteiger partial charge on any atom is -0.508 e. The summed E-state index contributed by atoms with van der Waals surface area (Å²) < 4.78 is 5.84. The highest BCUT2D eigenvalue weighted by Gasteiger charge is 2.21. The van der Waals surface area contributed by atoms with Gasteiger partial charge < -0.3 is 9.84 Å². The normalized spacial score (nSPS) is 17.4. The van der Waals surface area contributed by atoms with Crippen LogP contribution in [-0.2, 0) is 4.74 Å².